The van der Waals surface area contributed by atoms with Crippen LogP contribution in [0.3, 0.4) is 0 Å². The number of carbonyl (C=O) groups is 2. The Morgan fingerprint density at radius 3 is 2.62 bits per heavy atom. The molecule has 0 bridgehead atoms. The smallest absolute Gasteiger partial charge is 0.407 e. The van der Waals surface area contributed by atoms with Gasteiger partial charge in [-0.25, -0.2) is 14.6 Å². The molecule has 3 amide bonds. The van der Waals surface area contributed by atoms with Gasteiger partial charge in [-0.05, 0) is 49.1 Å². The van der Waals surface area contributed by atoms with Gasteiger partial charge in [0.2, 0.25) is 0 Å². The molecule has 10 heteroatoms. The Hall–Kier alpha value is -4.52. The molecule has 1 fully saturated rings. The van der Waals surface area contributed by atoms with Crippen molar-refractivity contribution in [3.8, 4) is 23.1 Å². The molecule has 4 rings (SSSR count). The predicted molar refractivity (Wildman–Crippen MR) is 137 cm³/mol. The van der Waals surface area contributed by atoms with E-state index in [-0.39, 0.29) is 24.5 Å². The monoisotopic (exact) mass is 503 g/mol. The zero-order chi connectivity index (χ0) is 26.3. The van der Waals surface area contributed by atoms with Crippen molar-refractivity contribution in [3.05, 3.63) is 60.6 Å². The zero-order valence-electron chi connectivity index (χ0n) is 20.7. The van der Waals surface area contributed by atoms with Crippen LogP contribution in [-0.2, 0) is 11.3 Å². The molecule has 1 saturated carbocycles. The summed E-state index contributed by atoms with van der Waals surface area (Å²) in [7, 11) is 1.53. The van der Waals surface area contributed by atoms with Gasteiger partial charge >= 0.3 is 12.1 Å². The van der Waals surface area contributed by atoms with Gasteiger partial charge in [0.05, 0.1) is 37.0 Å². The summed E-state index contributed by atoms with van der Waals surface area (Å²) in [5, 5.41) is 17.6. The number of urea groups is 1. The van der Waals surface area contributed by atoms with Gasteiger partial charge in [0.25, 0.3) is 0 Å². The topological polar surface area (TPSA) is 139 Å². The van der Waals surface area contributed by atoms with Crippen molar-refractivity contribution < 1.29 is 23.5 Å². The minimum atomic E-state index is -0.536. The SMILES string of the molecule is CCC(COC(=O)NCc1cccc(NC(=O)Nc2ccc(-c3cnco3)c(OC)c2)c1)C1(C#N)CC1. The van der Waals surface area contributed by atoms with Crippen LogP contribution in [0.1, 0.15) is 31.7 Å². The normalized spacial score (nSPS) is 14.1. The molecule has 37 heavy (non-hydrogen) atoms. The number of nitrogens with one attached hydrogen (secondary N) is 3. The fraction of sp³-hybridized carbons (Fsp3) is 0.333. The second-order valence-corrected chi connectivity index (χ2v) is 8.89. The molecule has 1 heterocycles. The molecule has 0 saturated heterocycles. The summed E-state index contributed by atoms with van der Waals surface area (Å²) in [5.41, 5.74) is 2.27. The molecule has 2 aromatic carbocycles. The minimum absolute atomic E-state index is 0.0487. The summed E-state index contributed by atoms with van der Waals surface area (Å²) in [6, 6.07) is 14.3. The summed E-state index contributed by atoms with van der Waals surface area (Å²) < 4.78 is 16.1. The van der Waals surface area contributed by atoms with Gasteiger partial charge in [0, 0.05) is 29.9 Å². The van der Waals surface area contributed by atoms with Crippen LogP contribution in [0.25, 0.3) is 11.3 Å². The largest absolute Gasteiger partial charge is 0.496 e. The van der Waals surface area contributed by atoms with E-state index in [1.807, 2.05) is 13.0 Å². The molecule has 0 aliphatic heterocycles. The van der Waals surface area contributed by atoms with Crippen molar-refractivity contribution >= 4 is 23.5 Å². The lowest BCUT2D eigenvalue weighted by Crippen LogP contribution is -2.28. The molecule has 1 aliphatic carbocycles. The summed E-state index contributed by atoms with van der Waals surface area (Å²) in [6.45, 7) is 2.46. The number of carbonyl (C=O) groups excluding carboxylic acids is 2. The third-order valence-corrected chi connectivity index (χ3v) is 6.48. The van der Waals surface area contributed by atoms with E-state index in [4.69, 9.17) is 13.9 Å². The van der Waals surface area contributed by atoms with Gasteiger partial charge < -0.3 is 29.8 Å². The number of ether oxygens (including phenoxy) is 2. The van der Waals surface area contributed by atoms with Crippen molar-refractivity contribution in [2.75, 3.05) is 24.4 Å². The molecule has 3 aromatic rings. The van der Waals surface area contributed by atoms with Crippen LogP contribution >= 0.6 is 0 Å². The molecular formula is C27H29N5O5. The average molecular weight is 504 g/mol. The van der Waals surface area contributed by atoms with Gasteiger partial charge in [-0.3, -0.25) is 0 Å². The Labute approximate surface area is 215 Å². The van der Waals surface area contributed by atoms with Crippen molar-refractivity contribution in [2.45, 2.75) is 32.7 Å². The maximum atomic E-state index is 12.6. The van der Waals surface area contributed by atoms with Crippen LogP contribution in [0.2, 0.25) is 0 Å². The Bertz CT molecular complexity index is 1280. The number of nitriles is 1. The lowest BCUT2D eigenvalue weighted by Gasteiger charge is -2.19. The summed E-state index contributed by atoms with van der Waals surface area (Å²) in [4.78, 5) is 28.6. The number of rotatable bonds is 10. The molecular weight excluding hydrogens is 474 g/mol. The standard InChI is InChI=1S/C27H29N5O5/c1-3-19(27(16-28)9-10-27)15-36-26(34)30-13-18-5-4-6-20(11-18)31-25(33)32-21-7-8-22(23(12-21)35-2)24-14-29-17-37-24/h4-8,11-12,14,17,19H,3,9-10,13,15H2,1-2H3,(H,30,34)(H2,31,32,33). The van der Waals surface area contributed by atoms with Gasteiger partial charge in [0.15, 0.2) is 12.2 Å². The second kappa shape index (κ2) is 11.5. The van der Waals surface area contributed by atoms with Gasteiger partial charge in [-0.2, -0.15) is 5.26 Å². The van der Waals surface area contributed by atoms with Crippen molar-refractivity contribution in [1.82, 2.24) is 10.3 Å². The summed E-state index contributed by atoms with van der Waals surface area (Å²) >= 11 is 0. The Kier molecular flexibility index (Phi) is 7.93. The highest BCUT2D eigenvalue weighted by molar-refractivity contribution is 6.00. The molecule has 0 spiro atoms. The number of hydrogen-bond acceptors (Lipinski definition) is 7. The average Bonchev–Trinajstić information content (AvgIpc) is 3.51. The van der Waals surface area contributed by atoms with E-state index >= 15 is 0 Å². The number of methoxy groups -OCH3 is 1. The van der Waals surface area contributed by atoms with Crippen molar-refractivity contribution in [1.29, 1.82) is 5.26 Å². The van der Waals surface area contributed by atoms with Crippen molar-refractivity contribution in [3.63, 3.8) is 0 Å². The molecule has 10 nitrogen and oxygen atoms in total. The first-order valence-corrected chi connectivity index (χ1v) is 12.0. The zero-order valence-corrected chi connectivity index (χ0v) is 20.7. The van der Waals surface area contributed by atoms with E-state index in [1.165, 1.54) is 13.5 Å². The number of amides is 3. The quantitative estimate of drug-likeness (QED) is 0.330. The first-order chi connectivity index (χ1) is 18.0. The van der Waals surface area contributed by atoms with E-state index in [9.17, 15) is 14.9 Å². The first-order valence-electron chi connectivity index (χ1n) is 12.0. The molecule has 1 atom stereocenters. The Morgan fingerprint density at radius 2 is 1.97 bits per heavy atom. The van der Waals surface area contributed by atoms with Crippen LogP contribution in [0.4, 0.5) is 21.0 Å². The summed E-state index contributed by atoms with van der Waals surface area (Å²) in [6.07, 6.45) is 4.89. The van der Waals surface area contributed by atoms with E-state index in [0.29, 0.717) is 28.4 Å². The van der Waals surface area contributed by atoms with E-state index in [0.717, 1.165) is 24.8 Å². The number of nitrogens with zero attached hydrogens (tertiary/aromatic N) is 2. The molecule has 1 aromatic heterocycles. The fourth-order valence-corrected chi connectivity index (χ4v) is 4.19. The molecule has 0 radical (unpaired) electrons. The molecule has 1 aliphatic rings. The third-order valence-electron chi connectivity index (χ3n) is 6.48. The number of alkyl carbamates (subject to hydrolysis) is 1. The molecule has 1 unspecified atom stereocenters. The van der Waals surface area contributed by atoms with E-state index in [2.05, 4.69) is 27.0 Å². The number of hydrogen-bond donors (Lipinski definition) is 3. The van der Waals surface area contributed by atoms with Crippen LogP contribution < -0.4 is 20.7 Å². The van der Waals surface area contributed by atoms with Crippen molar-refractivity contribution in [2.24, 2.45) is 11.3 Å². The first kappa shape index (κ1) is 25.6. The number of anilines is 2. The third kappa shape index (κ3) is 6.38. The van der Waals surface area contributed by atoms with Gasteiger partial charge in [-0.15, -0.1) is 0 Å². The number of oxazole rings is 1. The van der Waals surface area contributed by atoms with Gasteiger partial charge in [0.1, 0.15) is 5.75 Å². The second-order valence-electron chi connectivity index (χ2n) is 8.89. The molecule has 192 valence electrons. The lowest BCUT2D eigenvalue weighted by molar-refractivity contribution is 0.111. The van der Waals surface area contributed by atoms with Gasteiger partial charge in [-0.1, -0.05) is 19.1 Å². The minimum Gasteiger partial charge on any atom is -0.496 e. The highest BCUT2D eigenvalue weighted by Gasteiger charge is 2.49. The van der Waals surface area contributed by atoms with E-state index < -0.39 is 12.1 Å². The van der Waals surface area contributed by atoms with Crippen LogP contribution in [0, 0.1) is 22.7 Å². The van der Waals surface area contributed by atoms with Crippen LogP contribution in [0.15, 0.2) is 59.5 Å². The highest BCUT2D eigenvalue weighted by atomic mass is 16.5. The van der Waals surface area contributed by atoms with Crippen LogP contribution in [-0.4, -0.2) is 30.8 Å². The Morgan fingerprint density at radius 1 is 1.19 bits per heavy atom. The fourth-order valence-electron chi connectivity index (χ4n) is 4.19. The van der Waals surface area contributed by atoms with Crippen LogP contribution in [0.5, 0.6) is 5.75 Å². The highest BCUT2D eigenvalue weighted by Crippen LogP contribution is 2.52. The maximum absolute atomic E-state index is 12.6. The van der Waals surface area contributed by atoms with E-state index in [1.54, 1.807) is 42.6 Å². The maximum Gasteiger partial charge on any atom is 0.407 e. The predicted octanol–water partition coefficient (Wildman–Crippen LogP) is 5.55. The number of benzene rings is 2. The number of aromatic nitrogens is 1. The lowest BCUT2D eigenvalue weighted by atomic mass is 9.89. The Balaban J connectivity index is 1.27. The summed E-state index contributed by atoms with van der Waals surface area (Å²) in [5.74, 6) is 1.13. The molecule has 3 N–H and O–H groups in total.